The van der Waals surface area contributed by atoms with E-state index < -0.39 is 115 Å². The second kappa shape index (κ2) is 16.9. The van der Waals surface area contributed by atoms with E-state index in [9.17, 15) is 55.2 Å². The first-order valence-electron chi connectivity index (χ1n) is 17.3. The van der Waals surface area contributed by atoms with E-state index in [2.05, 4.69) is 6.58 Å². The third kappa shape index (κ3) is 8.61. The third-order valence-electron chi connectivity index (χ3n) is 10.9. The highest BCUT2D eigenvalue weighted by atomic mass is 16.7. The van der Waals surface area contributed by atoms with Gasteiger partial charge in [-0.1, -0.05) is 39.5 Å². The van der Waals surface area contributed by atoms with E-state index in [0.29, 0.717) is 5.56 Å². The first-order valence-corrected chi connectivity index (χ1v) is 17.3. The maximum absolute atomic E-state index is 13.9. The zero-order valence-electron chi connectivity index (χ0n) is 29.7. The number of carbonyl (C=O) groups excluding carboxylic acids is 3. The largest absolute Gasteiger partial charge is 0.508 e. The lowest BCUT2D eigenvalue weighted by molar-refractivity contribution is -0.319. The van der Waals surface area contributed by atoms with E-state index in [-0.39, 0.29) is 43.4 Å². The molecule has 292 valence electrons. The van der Waals surface area contributed by atoms with Gasteiger partial charge in [0.05, 0.1) is 32.0 Å². The van der Waals surface area contributed by atoms with Crippen LogP contribution in [0.2, 0.25) is 0 Å². The Morgan fingerprint density at radius 2 is 1.63 bits per heavy atom. The molecule has 1 saturated heterocycles. The molecule has 0 spiro atoms. The van der Waals surface area contributed by atoms with Gasteiger partial charge in [0.2, 0.25) is 6.10 Å². The molecule has 0 aromatic heterocycles. The molecule has 0 bridgehead atoms. The topological polar surface area (TPSA) is 259 Å². The van der Waals surface area contributed by atoms with Crippen LogP contribution in [0.4, 0.5) is 0 Å². The SMILES string of the molecule is C=C(C(=O)OC)[C@@H]1CC[C@@]2(C)[C@H](OC(=O)[C@H](Cc3ccc(O)cc3)OC(=O)[C@H](O)C(C)C)CC[C@@](O)(CO[C@@H]3O[C@H](CO)[C@@H](O)[C@H](O)[C@H]3O)[C@@H]2[C@H]1O. The standard InChI is InChI=1S/C36H52O16/c1-17(2)25(39)33(46)50-22(14-19-6-8-20(38)9-7-19)32(45)52-24-11-13-36(47,16-49-34-29(43)28(42)27(41)23(15-37)51-34)30-26(40)21(10-12-35(24,30)4)18(3)31(44)48-5/h6-9,17,21-30,34,37-43,47H,3,10-16H2,1-2,4-5H3/t21-,22-,23+,24+,25+,26-,27+,28-,29+,30+,34+,35-,36+/m0/s1. The number of phenolic OH excluding ortho intramolecular Hbond substituents is 1. The molecule has 0 amide bonds. The molecule has 3 aliphatic rings. The number of aromatic hydroxyl groups is 1. The fraction of sp³-hybridized carbons (Fsp3) is 0.694. The summed E-state index contributed by atoms with van der Waals surface area (Å²) in [4.78, 5) is 39.2. The summed E-state index contributed by atoms with van der Waals surface area (Å²) in [6.45, 7) is 7.40. The number of benzene rings is 1. The van der Waals surface area contributed by atoms with Gasteiger partial charge < -0.3 is 64.5 Å². The molecule has 13 atom stereocenters. The summed E-state index contributed by atoms with van der Waals surface area (Å²) in [6.07, 6.45) is -13.5. The van der Waals surface area contributed by atoms with Crippen molar-refractivity contribution in [1.82, 2.24) is 0 Å². The van der Waals surface area contributed by atoms with Gasteiger partial charge in [-0.3, -0.25) is 0 Å². The van der Waals surface area contributed by atoms with Crippen LogP contribution >= 0.6 is 0 Å². The fourth-order valence-corrected chi connectivity index (χ4v) is 7.74. The van der Waals surface area contributed by atoms with Crippen LogP contribution < -0.4 is 0 Å². The van der Waals surface area contributed by atoms with Crippen molar-refractivity contribution in [1.29, 1.82) is 0 Å². The van der Waals surface area contributed by atoms with Crippen LogP contribution in [0, 0.1) is 23.2 Å². The van der Waals surface area contributed by atoms with Crippen molar-refractivity contribution < 1.29 is 78.9 Å². The number of rotatable bonds is 13. The first kappa shape index (κ1) is 41.6. The zero-order valence-corrected chi connectivity index (χ0v) is 29.7. The molecule has 1 heterocycles. The number of phenols is 1. The molecule has 0 radical (unpaired) electrons. The van der Waals surface area contributed by atoms with Crippen LogP contribution in [0.5, 0.6) is 5.75 Å². The molecule has 4 rings (SSSR count). The van der Waals surface area contributed by atoms with Crippen molar-refractivity contribution in [3.8, 4) is 5.75 Å². The molecule has 16 nitrogen and oxygen atoms in total. The van der Waals surface area contributed by atoms with Gasteiger partial charge in [-0.05, 0) is 49.3 Å². The predicted molar refractivity (Wildman–Crippen MR) is 178 cm³/mol. The number of aliphatic hydroxyl groups excluding tert-OH is 6. The molecule has 2 aliphatic carbocycles. The van der Waals surface area contributed by atoms with Gasteiger partial charge >= 0.3 is 17.9 Å². The average molecular weight is 741 g/mol. The summed E-state index contributed by atoms with van der Waals surface area (Å²) in [5.74, 6) is -5.38. The van der Waals surface area contributed by atoms with Crippen LogP contribution in [0.3, 0.4) is 0 Å². The van der Waals surface area contributed by atoms with E-state index in [1.165, 1.54) is 24.3 Å². The zero-order chi connectivity index (χ0) is 38.7. The van der Waals surface area contributed by atoms with Gasteiger partial charge in [0, 0.05) is 29.2 Å². The summed E-state index contributed by atoms with van der Waals surface area (Å²) >= 11 is 0. The third-order valence-corrected chi connectivity index (χ3v) is 10.9. The molecular weight excluding hydrogens is 688 g/mol. The number of ether oxygens (including phenoxy) is 5. The minimum absolute atomic E-state index is 0.0110. The van der Waals surface area contributed by atoms with E-state index in [0.717, 1.165) is 7.11 Å². The Morgan fingerprint density at radius 1 is 0.981 bits per heavy atom. The lowest BCUT2D eigenvalue weighted by atomic mass is 9.50. The van der Waals surface area contributed by atoms with Crippen LogP contribution in [-0.2, 0) is 44.5 Å². The number of aliphatic hydroxyl groups is 7. The molecule has 1 aliphatic heterocycles. The van der Waals surface area contributed by atoms with Crippen LogP contribution in [0.25, 0.3) is 0 Å². The van der Waals surface area contributed by atoms with Crippen LogP contribution in [0.1, 0.15) is 52.0 Å². The summed E-state index contributed by atoms with van der Waals surface area (Å²) in [5, 5.41) is 84.8. The Labute approximate surface area is 301 Å². The van der Waals surface area contributed by atoms with Crippen molar-refractivity contribution in [3.05, 3.63) is 42.0 Å². The molecule has 52 heavy (non-hydrogen) atoms. The second-order valence-electron chi connectivity index (χ2n) is 14.7. The highest BCUT2D eigenvalue weighted by Crippen LogP contribution is 2.57. The van der Waals surface area contributed by atoms with Gasteiger partial charge in [-0.15, -0.1) is 0 Å². The van der Waals surface area contributed by atoms with Crippen LogP contribution in [0.15, 0.2) is 36.4 Å². The molecular formula is C36H52O16. The Kier molecular flexibility index (Phi) is 13.5. The number of hydrogen-bond acceptors (Lipinski definition) is 16. The highest BCUT2D eigenvalue weighted by molar-refractivity contribution is 5.88. The Hall–Kier alpha value is -3.19. The maximum atomic E-state index is 13.9. The molecule has 0 unspecified atom stereocenters. The van der Waals surface area contributed by atoms with Crippen molar-refractivity contribution in [2.24, 2.45) is 23.2 Å². The normalized spacial score (nSPS) is 35.9. The summed E-state index contributed by atoms with van der Waals surface area (Å²) in [7, 11) is 1.16. The minimum Gasteiger partial charge on any atom is -0.508 e. The average Bonchev–Trinajstić information content (AvgIpc) is 3.11. The first-order chi connectivity index (χ1) is 24.4. The van der Waals surface area contributed by atoms with Gasteiger partial charge in [0.25, 0.3) is 0 Å². The lowest BCUT2D eigenvalue weighted by Crippen LogP contribution is -2.67. The van der Waals surface area contributed by atoms with Gasteiger partial charge in [-0.25, -0.2) is 14.4 Å². The number of hydrogen-bond donors (Lipinski definition) is 8. The quantitative estimate of drug-likeness (QED) is 0.0702. The monoisotopic (exact) mass is 740 g/mol. The van der Waals surface area contributed by atoms with Crippen LogP contribution in [-0.4, -0.2) is 140 Å². The minimum atomic E-state index is -1.93. The van der Waals surface area contributed by atoms with Gasteiger partial charge in [0.1, 0.15) is 36.3 Å². The Balaban J connectivity index is 1.64. The van der Waals surface area contributed by atoms with Crippen molar-refractivity contribution in [3.63, 3.8) is 0 Å². The molecule has 16 heteroatoms. The number of esters is 3. The van der Waals surface area contributed by atoms with Crippen molar-refractivity contribution >= 4 is 17.9 Å². The lowest BCUT2D eigenvalue weighted by Gasteiger charge is -2.59. The Morgan fingerprint density at radius 3 is 2.23 bits per heavy atom. The van der Waals surface area contributed by atoms with Crippen molar-refractivity contribution in [2.75, 3.05) is 20.3 Å². The van der Waals surface area contributed by atoms with Crippen molar-refractivity contribution in [2.45, 2.75) is 114 Å². The molecule has 1 aromatic carbocycles. The maximum Gasteiger partial charge on any atom is 0.348 e. The van der Waals surface area contributed by atoms with Gasteiger partial charge in [0.15, 0.2) is 12.4 Å². The van der Waals surface area contributed by atoms with E-state index >= 15 is 0 Å². The Bertz CT molecular complexity index is 1420. The number of fused-ring (bicyclic) bond motifs is 1. The summed E-state index contributed by atoms with van der Waals surface area (Å²) < 4.78 is 27.6. The number of carbonyl (C=O) groups is 3. The van der Waals surface area contributed by atoms with E-state index in [4.69, 9.17) is 23.7 Å². The predicted octanol–water partition coefficient (Wildman–Crippen LogP) is -0.761. The van der Waals surface area contributed by atoms with E-state index in [1.54, 1.807) is 20.8 Å². The molecule has 3 fully saturated rings. The fourth-order valence-electron chi connectivity index (χ4n) is 7.74. The summed E-state index contributed by atoms with van der Waals surface area (Å²) in [5.41, 5.74) is -2.67. The molecule has 2 saturated carbocycles. The van der Waals surface area contributed by atoms with E-state index in [1.807, 2.05) is 0 Å². The molecule has 8 N–H and O–H groups in total. The second-order valence-corrected chi connectivity index (χ2v) is 14.7. The highest BCUT2D eigenvalue weighted by Gasteiger charge is 2.63. The molecule has 1 aromatic rings. The smallest absolute Gasteiger partial charge is 0.348 e. The van der Waals surface area contributed by atoms with Gasteiger partial charge in [-0.2, -0.15) is 0 Å². The number of methoxy groups -OCH3 is 1. The summed E-state index contributed by atoms with van der Waals surface area (Å²) in [6, 6.07) is 5.85.